The van der Waals surface area contributed by atoms with Gasteiger partial charge in [0.05, 0.1) is 7.11 Å². The summed E-state index contributed by atoms with van der Waals surface area (Å²) < 4.78 is 4.54. The fourth-order valence-electron chi connectivity index (χ4n) is 1.36. The Morgan fingerprint density at radius 2 is 2.24 bits per heavy atom. The van der Waals surface area contributed by atoms with Crippen LogP contribution in [0.15, 0.2) is 12.4 Å². The van der Waals surface area contributed by atoms with Gasteiger partial charge in [-0.2, -0.15) is 5.26 Å². The number of carbonyl (C=O) groups is 1. The van der Waals surface area contributed by atoms with Gasteiger partial charge < -0.3 is 9.64 Å². The predicted molar refractivity (Wildman–Crippen MR) is 61.3 cm³/mol. The lowest BCUT2D eigenvalue weighted by atomic mass is 10.3. The minimum atomic E-state index is -0.238. The van der Waals surface area contributed by atoms with Crippen molar-refractivity contribution in [2.45, 2.75) is 12.8 Å². The number of nitrogens with zero attached hydrogens (tertiary/aromatic N) is 4. The Hall–Kier alpha value is -2.16. The molecule has 0 fully saturated rings. The maximum atomic E-state index is 10.9. The van der Waals surface area contributed by atoms with Crippen molar-refractivity contribution in [2.24, 2.45) is 0 Å². The van der Waals surface area contributed by atoms with Crippen molar-refractivity contribution in [3.63, 3.8) is 0 Å². The monoisotopic (exact) mass is 234 g/mol. The maximum Gasteiger partial charge on any atom is 0.305 e. The molecule has 6 heteroatoms. The van der Waals surface area contributed by atoms with E-state index in [9.17, 15) is 4.79 Å². The molecule has 1 aromatic rings. The van der Waals surface area contributed by atoms with Gasteiger partial charge in [-0.05, 0) is 6.42 Å². The molecule has 0 aliphatic rings. The summed E-state index contributed by atoms with van der Waals surface area (Å²) in [5.41, 5.74) is 0.285. The average molecular weight is 234 g/mol. The van der Waals surface area contributed by atoms with Crippen molar-refractivity contribution >= 4 is 11.8 Å². The predicted octanol–water partition coefficient (Wildman–Crippen LogP) is 0.738. The van der Waals surface area contributed by atoms with Crippen LogP contribution in [0.3, 0.4) is 0 Å². The number of hydrogen-bond donors (Lipinski definition) is 0. The van der Waals surface area contributed by atoms with Crippen LogP contribution in [0, 0.1) is 11.3 Å². The highest BCUT2D eigenvalue weighted by Crippen LogP contribution is 2.12. The van der Waals surface area contributed by atoms with Gasteiger partial charge in [-0.15, -0.1) is 0 Å². The second-order valence-electron chi connectivity index (χ2n) is 3.44. The first kappa shape index (κ1) is 12.9. The lowest BCUT2D eigenvalue weighted by molar-refractivity contribution is -0.140. The van der Waals surface area contributed by atoms with Gasteiger partial charge in [-0.1, -0.05) is 0 Å². The van der Waals surface area contributed by atoms with Gasteiger partial charge in [0.25, 0.3) is 0 Å². The standard InChI is InChI=1S/C11H14N4O2/c1-15(7-3-4-10(16)17-2)11-9(8-12)13-5-6-14-11/h5-6H,3-4,7H2,1-2H3. The zero-order valence-electron chi connectivity index (χ0n) is 9.88. The summed E-state index contributed by atoms with van der Waals surface area (Å²) in [5, 5.41) is 8.87. The first-order valence-corrected chi connectivity index (χ1v) is 5.18. The smallest absolute Gasteiger partial charge is 0.305 e. The first-order valence-electron chi connectivity index (χ1n) is 5.18. The quantitative estimate of drug-likeness (QED) is 0.699. The van der Waals surface area contributed by atoms with Crippen LogP contribution in [0.2, 0.25) is 0 Å². The molecule has 0 saturated carbocycles. The SMILES string of the molecule is COC(=O)CCCN(C)c1nccnc1C#N. The van der Waals surface area contributed by atoms with E-state index in [4.69, 9.17) is 5.26 Å². The van der Waals surface area contributed by atoms with Crippen molar-refractivity contribution in [3.8, 4) is 6.07 Å². The fourth-order valence-corrected chi connectivity index (χ4v) is 1.36. The number of carbonyl (C=O) groups excluding carboxylic acids is 1. The second-order valence-corrected chi connectivity index (χ2v) is 3.44. The Bertz CT molecular complexity index is 428. The number of esters is 1. The molecule has 0 radical (unpaired) electrons. The Labute approximate surface area is 99.9 Å². The summed E-state index contributed by atoms with van der Waals surface area (Å²) in [6.07, 6.45) is 4.00. The van der Waals surface area contributed by atoms with Crippen LogP contribution in [-0.4, -0.2) is 36.6 Å². The molecule has 1 rings (SSSR count). The number of hydrogen-bond acceptors (Lipinski definition) is 6. The number of ether oxygens (including phenoxy) is 1. The van der Waals surface area contributed by atoms with Crippen molar-refractivity contribution in [3.05, 3.63) is 18.1 Å². The molecule has 1 aromatic heterocycles. The second kappa shape index (κ2) is 6.43. The molecule has 0 unspecified atom stereocenters. The van der Waals surface area contributed by atoms with E-state index in [0.29, 0.717) is 25.2 Å². The van der Waals surface area contributed by atoms with Gasteiger partial charge in [0.15, 0.2) is 11.5 Å². The highest BCUT2D eigenvalue weighted by Gasteiger charge is 2.10. The molecule has 0 saturated heterocycles. The lowest BCUT2D eigenvalue weighted by Gasteiger charge is -2.17. The van der Waals surface area contributed by atoms with Gasteiger partial charge in [-0.25, -0.2) is 9.97 Å². The normalized spacial score (nSPS) is 9.47. The molecule has 0 aromatic carbocycles. The molecule has 0 aliphatic heterocycles. The molecule has 0 aliphatic carbocycles. The van der Waals surface area contributed by atoms with Gasteiger partial charge >= 0.3 is 5.97 Å². The van der Waals surface area contributed by atoms with Gasteiger partial charge in [0, 0.05) is 32.4 Å². The Balaban J connectivity index is 2.55. The van der Waals surface area contributed by atoms with Crippen LogP contribution in [0.5, 0.6) is 0 Å². The minimum Gasteiger partial charge on any atom is -0.469 e. The largest absolute Gasteiger partial charge is 0.469 e. The molecule has 17 heavy (non-hydrogen) atoms. The molecule has 90 valence electrons. The molecule has 1 heterocycles. The number of nitriles is 1. The summed E-state index contributed by atoms with van der Waals surface area (Å²) in [7, 11) is 3.17. The van der Waals surface area contributed by atoms with Crippen molar-refractivity contribution in [1.82, 2.24) is 9.97 Å². The molecule has 6 nitrogen and oxygen atoms in total. The zero-order chi connectivity index (χ0) is 12.7. The van der Waals surface area contributed by atoms with Crippen LogP contribution in [0.1, 0.15) is 18.5 Å². The van der Waals surface area contributed by atoms with Gasteiger partial charge in [0.2, 0.25) is 0 Å². The summed E-state index contributed by atoms with van der Waals surface area (Å²) in [4.78, 5) is 20.7. The molecule has 0 N–H and O–H groups in total. The molecular formula is C11H14N4O2. The molecule has 0 spiro atoms. The van der Waals surface area contributed by atoms with E-state index in [1.807, 2.05) is 13.1 Å². The Morgan fingerprint density at radius 3 is 2.88 bits per heavy atom. The summed E-state index contributed by atoms with van der Waals surface area (Å²) >= 11 is 0. The highest BCUT2D eigenvalue weighted by molar-refractivity contribution is 5.69. The van der Waals surface area contributed by atoms with Crippen LogP contribution in [-0.2, 0) is 9.53 Å². The van der Waals surface area contributed by atoms with Crippen molar-refractivity contribution < 1.29 is 9.53 Å². The van der Waals surface area contributed by atoms with Crippen LogP contribution in [0.25, 0.3) is 0 Å². The van der Waals surface area contributed by atoms with Crippen LogP contribution in [0.4, 0.5) is 5.82 Å². The fraction of sp³-hybridized carbons (Fsp3) is 0.455. The van der Waals surface area contributed by atoms with E-state index in [-0.39, 0.29) is 11.7 Å². The van der Waals surface area contributed by atoms with Crippen molar-refractivity contribution in [2.75, 3.05) is 25.6 Å². The summed E-state index contributed by atoms with van der Waals surface area (Å²) in [5.74, 6) is 0.290. The van der Waals surface area contributed by atoms with E-state index in [1.165, 1.54) is 19.5 Å². The lowest BCUT2D eigenvalue weighted by Crippen LogP contribution is -2.22. The topological polar surface area (TPSA) is 79.1 Å². The Morgan fingerprint density at radius 1 is 1.53 bits per heavy atom. The van der Waals surface area contributed by atoms with E-state index in [2.05, 4.69) is 14.7 Å². The minimum absolute atomic E-state index is 0.238. The molecular weight excluding hydrogens is 220 g/mol. The number of anilines is 1. The number of rotatable bonds is 5. The third-order valence-corrected chi connectivity index (χ3v) is 2.25. The summed E-state index contributed by atoms with van der Waals surface area (Å²) in [6.45, 7) is 0.614. The molecule has 0 amide bonds. The van der Waals surface area contributed by atoms with E-state index < -0.39 is 0 Å². The average Bonchev–Trinajstić information content (AvgIpc) is 2.38. The van der Waals surface area contributed by atoms with Crippen LogP contribution < -0.4 is 4.90 Å². The highest BCUT2D eigenvalue weighted by atomic mass is 16.5. The van der Waals surface area contributed by atoms with E-state index >= 15 is 0 Å². The van der Waals surface area contributed by atoms with Crippen LogP contribution >= 0.6 is 0 Å². The molecule has 0 atom stereocenters. The zero-order valence-corrected chi connectivity index (χ0v) is 9.88. The Kier molecular flexibility index (Phi) is 4.88. The maximum absolute atomic E-state index is 10.9. The molecule has 0 bridgehead atoms. The third kappa shape index (κ3) is 3.72. The third-order valence-electron chi connectivity index (χ3n) is 2.25. The first-order chi connectivity index (χ1) is 8.19. The van der Waals surface area contributed by atoms with Crippen molar-refractivity contribution in [1.29, 1.82) is 5.26 Å². The number of aromatic nitrogens is 2. The number of methoxy groups -OCH3 is 1. The van der Waals surface area contributed by atoms with Gasteiger partial charge in [-0.3, -0.25) is 4.79 Å². The van der Waals surface area contributed by atoms with E-state index in [1.54, 1.807) is 4.90 Å². The summed E-state index contributed by atoms with van der Waals surface area (Å²) in [6, 6.07) is 1.98. The van der Waals surface area contributed by atoms with Gasteiger partial charge in [0.1, 0.15) is 6.07 Å². The van der Waals surface area contributed by atoms with E-state index in [0.717, 1.165) is 0 Å².